The number of nitro groups is 1. The van der Waals surface area contributed by atoms with Crippen LogP contribution in [-0.4, -0.2) is 11.5 Å². The van der Waals surface area contributed by atoms with Crippen LogP contribution in [0.3, 0.4) is 0 Å². The average Bonchev–Trinajstić information content (AvgIpc) is 2.25. The Bertz CT molecular complexity index is 463. The fourth-order valence-electron chi connectivity index (χ4n) is 1.00. The third-order valence-electron chi connectivity index (χ3n) is 1.66. The van der Waals surface area contributed by atoms with Crippen molar-refractivity contribution in [1.29, 1.82) is 0 Å². The Kier molecular flexibility index (Phi) is 4.55. The molecule has 16 heavy (non-hydrogen) atoms. The highest BCUT2D eigenvalue weighted by Crippen LogP contribution is 2.26. The predicted octanol–water partition coefficient (Wildman–Crippen LogP) is 2.71. The van der Waals surface area contributed by atoms with E-state index in [4.69, 9.17) is 11.2 Å². The van der Waals surface area contributed by atoms with Gasteiger partial charge in [0.25, 0.3) is 0 Å². The van der Waals surface area contributed by atoms with Gasteiger partial charge in [0, 0.05) is 6.08 Å². The molecule has 0 amide bonds. The fourth-order valence-corrected chi connectivity index (χ4v) is 1.52. The summed E-state index contributed by atoms with van der Waals surface area (Å²) in [7, 11) is 0. The molecule has 0 radical (unpaired) electrons. The van der Waals surface area contributed by atoms with E-state index in [2.05, 4.69) is 21.9 Å². The lowest BCUT2D eigenvalue weighted by atomic mass is 10.2. The number of ether oxygens (including phenoxy) is 1. The van der Waals surface area contributed by atoms with Crippen LogP contribution in [0.2, 0.25) is 0 Å². The molecule has 0 heterocycles. The van der Waals surface area contributed by atoms with Gasteiger partial charge in [0.2, 0.25) is 6.20 Å². The van der Waals surface area contributed by atoms with E-state index in [0.717, 1.165) is 6.20 Å². The quantitative estimate of drug-likeness (QED) is 0.484. The number of benzene rings is 1. The zero-order valence-corrected chi connectivity index (χ0v) is 9.81. The lowest BCUT2D eigenvalue weighted by Gasteiger charge is -2.05. The van der Waals surface area contributed by atoms with Gasteiger partial charge in [-0.2, -0.15) is 0 Å². The lowest BCUT2D eigenvalue weighted by molar-refractivity contribution is -0.400. The highest BCUT2D eigenvalue weighted by molar-refractivity contribution is 9.10. The number of halogens is 1. The molecule has 0 aromatic heterocycles. The van der Waals surface area contributed by atoms with Crippen molar-refractivity contribution in [2.24, 2.45) is 0 Å². The first kappa shape index (κ1) is 12.3. The summed E-state index contributed by atoms with van der Waals surface area (Å²) >= 11 is 3.29. The zero-order chi connectivity index (χ0) is 12.0. The minimum Gasteiger partial charge on any atom is -0.480 e. The fraction of sp³-hybridized carbons (Fsp3) is 0.0909. The molecule has 82 valence electrons. The molecule has 0 atom stereocenters. The van der Waals surface area contributed by atoms with E-state index in [-0.39, 0.29) is 6.61 Å². The monoisotopic (exact) mass is 281 g/mol. The largest absolute Gasteiger partial charge is 0.480 e. The molecule has 4 nitrogen and oxygen atoms in total. The number of terminal acetylenes is 1. The molecule has 0 aliphatic carbocycles. The first-order valence-electron chi connectivity index (χ1n) is 4.31. The lowest BCUT2D eigenvalue weighted by Crippen LogP contribution is -1.94. The summed E-state index contributed by atoms with van der Waals surface area (Å²) in [4.78, 5) is 9.61. The molecule has 0 bridgehead atoms. The molecule has 0 aliphatic rings. The van der Waals surface area contributed by atoms with Crippen LogP contribution < -0.4 is 4.74 Å². The predicted molar refractivity (Wildman–Crippen MR) is 64.5 cm³/mol. The zero-order valence-electron chi connectivity index (χ0n) is 8.22. The summed E-state index contributed by atoms with van der Waals surface area (Å²) < 4.78 is 5.93. The third kappa shape index (κ3) is 3.75. The number of hydrogen-bond donors (Lipinski definition) is 0. The van der Waals surface area contributed by atoms with Crippen molar-refractivity contribution in [1.82, 2.24) is 0 Å². The van der Waals surface area contributed by atoms with Gasteiger partial charge in [-0.25, -0.2) is 0 Å². The van der Waals surface area contributed by atoms with E-state index in [1.165, 1.54) is 6.08 Å². The van der Waals surface area contributed by atoms with Gasteiger partial charge in [0.15, 0.2) is 0 Å². The smallest absolute Gasteiger partial charge is 0.235 e. The molecule has 0 saturated heterocycles. The van der Waals surface area contributed by atoms with Gasteiger partial charge < -0.3 is 4.74 Å². The highest BCUT2D eigenvalue weighted by Gasteiger charge is 2.01. The Balaban J connectivity index is 2.83. The van der Waals surface area contributed by atoms with Crippen molar-refractivity contribution in [2.75, 3.05) is 6.61 Å². The topological polar surface area (TPSA) is 52.4 Å². The van der Waals surface area contributed by atoms with Gasteiger partial charge in [0.05, 0.1) is 9.40 Å². The second-order valence-corrected chi connectivity index (χ2v) is 3.64. The van der Waals surface area contributed by atoms with Crippen molar-refractivity contribution in [3.05, 3.63) is 44.5 Å². The Morgan fingerprint density at radius 3 is 2.94 bits per heavy atom. The molecular weight excluding hydrogens is 274 g/mol. The van der Waals surface area contributed by atoms with Gasteiger partial charge in [-0.1, -0.05) is 12.0 Å². The van der Waals surface area contributed by atoms with E-state index >= 15 is 0 Å². The second-order valence-electron chi connectivity index (χ2n) is 2.78. The second kappa shape index (κ2) is 5.93. The molecule has 0 N–H and O–H groups in total. The maximum atomic E-state index is 10.1. The van der Waals surface area contributed by atoms with Crippen molar-refractivity contribution < 1.29 is 9.66 Å². The van der Waals surface area contributed by atoms with Crippen molar-refractivity contribution in [3.8, 4) is 18.1 Å². The molecule has 0 spiro atoms. The number of nitrogens with zero attached hydrogens (tertiary/aromatic N) is 1. The Labute approximate surface area is 101 Å². The summed E-state index contributed by atoms with van der Waals surface area (Å²) in [5, 5.41) is 10.1. The van der Waals surface area contributed by atoms with Crippen molar-refractivity contribution >= 4 is 22.0 Å². The number of rotatable bonds is 4. The van der Waals surface area contributed by atoms with Crippen LogP contribution in [0.1, 0.15) is 5.56 Å². The first-order valence-corrected chi connectivity index (χ1v) is 5.10. The van der Waals surface area contributed by atoms with E-state index in [1.807, 2.05) is 0 Å². The van der Waals surface area contributed by atoms with Crippen molar-refractivity contribution in [3.63, 3.8) is 0 Å². The van der Waals surface area contributed by atoms with E-state index in [1.54, 1.807) is 18.2 Å². The summed E-state index contributed by atoms with van der Waals surface area (Å²) in [5.41, 5.74) is 0.705. The van der Waals surface area contributed by atoms with E-state index < -0.39 is 4.92 Å². The van der Waals surface area contributed by atoms with Gasteiger partial charge in [-0.15, -0.1) is 6.42 Å². The van der Waals surface area contributed by atoms with Gasteiger partial charge in [-0.05, 0) is 33.6 Å². The minimum atomic E-state index is -0.517. The maximum absolute atomic E-state index is 10.1. The van der Waals surface area contributed by atoms with Crippen LogP contribution in [0.25, 0.3) is 6.08 Å². The van der Waals surface area contributed by atoms with Gasteiger partial charge in [0.1, 0.15) is 12.4 Å². The molecule has 0 aliphatic heterocycles. The van der Waals surface area contributed by atoms with Crippen molar-refractivity contribution in [2.45, 2.75) is 0 Å². The summed E-state index contributed by atoms with van der Waals surface area (Å²) in [6.07, 6.45) is 7.34. The summed E-state index contributed by atoms with van der Waals surface area (Å²) in [6.45, 7) is 0.183. The molecule has 1 rings (SSSR count). The molecule has 1 aromatic carbocycles. The van der Waals surface area contributed by atoms with Crippen LogP contribution in [0.4, 0.5) is 0 Å². The van der Waals surface area contributed by atoms with E-state index in [0.29, 0.717) is 15.8 Å². The summed E-state index contributed by atoms with van der Waals surface area (Å²) in [6, 6.07) is 5.11. The van der Waals surface area contributed by atoms with Gasteiger partial charge >= 0.3 is 0 Å². The average molecular weight is 282 g/mol. The molecule has 0 saturated carbocycles. The van der Waals surface area contributed by atoms with Gasteiger partial charge in [-0.3, -0.25) is 10.1 Å². The highest BCUT2D eigenvalue weighted by atomic mass is 79.9. The Morgan fingerprint density at radius 2 is 2.38 bits per heavy atom. The molecule has 5 heteroatoms. The van der Waals surface area contributed by atoms with Crippen LogP contribution in [0.5, 0.6) is 5.75 Å². The SMILES string of the molecule is C#CCOc1ccc(/C=C/[N+](=O)[O-])cc1Br. The molecular formula is C11H8BrNO3. The third-order valence-corrected chi connectivity index (χ3v) is 2.28. The van der Waals surface area contributed by atoms with Crippen LogP contribution in [0, 0.1) is 22.5 Å². The van der Waals surface area contributed by atoms with Crippen LogP contribution in [-0.2, 0) is 0 Å². The Morgan fingerprint density at radius 1 is 1.62 bits per heavy atom. The standard InChI is InChI=1S/C11H8BrNO3/c1-2-7-16-11-4-3-9(8-10(11)12)5-6-13(14)15/h1,3-6,8H,7H2/b6-5+. The molecule has 0 unspecified atom stereocenters. The minimum absolute atomic E-state index is 0.183. The normalized spacial score (nSPS) is 10.0. The number of hydrogen-bond acceptors (Lipinski definition) is 3. The summed E-state index contributed by atoms with van der Waals surface area (Å²) in [5.74, 6) is 2.96. The Hall–Kier alpha value is -1.80. The molecule has 1 aromatic rings. The first-order chi connectivity index (χ1) is 7.63. The van der Waals surface area contributed by atoms with Crippen LogP contribution >= 0.6 is 15.9 Å². The maximum Gasteiger partial charge on any atom is 0.235 e. The van der Waals surface area contributed by atoms with Crippen LogP contribution in [0.15, 0.2) is 28.9 Å². The van der Waals surface area contributed by atoms with E-state index in [9.17, 15) is 10.1 Å². The molecule has 0 fully saturated rings.